The van der Waals surface area contributed by atoms with Crippen molar-refractivity contribution >= 4 is 18.0 Å². The van der Waals surface area contributed by atoms with E-state index in [-0.39, 0.29) is 37.0 Å². The summed E-state index contributed by atoms with van der Waals surface area (Å²) in [6.07, 6.45) is 3.40. The highest BCUT2D eigenvalue weighted by molar-refractivity contribution is 5.91. The summed E-state index contributed by atoms with van der Waals surface area (Å²) in [5.74, 6) is 1.16. The highest BCUT2D eigenvalue weighted by Crippen LogP contribution is 2.71. The molecule has 8 rings (SSSR count). The summed E-state index contributed by atoms with van der Waals surface area (Å²) in [6, 6.07) is 10.3. The molecule has 2 unspecified atom stereocenters. The summed E-state index contributed by atoms with van der Waals surface area (Å²) in [7, 11) is 3.57. The van der Waals surface area contributed by atoms with E-state index < -0.39 is 29.8 Å². The van der Waals surface area contributed by atoms with Gasteiger partial charge < -0.3 is 34.5 Å². The Hall–Kier alpha value is -4.58. The molecular formula is C37H39N3O8. The fourth-order valence-corrected chi connectivity index (χ4v) is 9.05. The predicted octanol–water partition coefficient (Wildman–Crippen LogP) is 4.01. The minimum atomic E-state index is -0.919. The van der Waals surface area contributed by atoms with Gasteiger partial charge in [-0.25, -0.2) is 0 Å². The van der Waals surface area contributed by atoms with Crippen molar-refractivity contribution in [2.45, 2.75) is 69.4 Å². The summed E-state index contributed by atoms with van der Waals surface area (Å²) in [6.45, 7) is 5.24. The molecule has 250 valence electrons. The third kappa shape index (κ3) is 4.23. The maximum atomic E-state index is 13.3. The molecule has 0 radical (unpaired) electrons. The number of hydrogen-bond acceptors (Lipinski definition) is 10. The average Bonchev–Trinajstić information content (AvgIpc) is 3.64. The normalized spacial score (nSPS) is 27.8. The van der Waals surface area contributed by atoms with E-state index >= 15 is 0 Å². The van der Waals surface area contributed by atoms with Crippen molar-refractivity contribution in [2.24, 2.45) is 0 Å². The molecule has 3 aromatic rings. The standard InChI is InChI=1S/C37H39N3O8/c1-18-13-22-24-15-37(24)36(44)40-25(30(39(37)4)29(22)31(43)32(18)45-5)14-23-28(35-34(46-17-47-35)19(2)33(23)48-20(3)41)26(40)16-38-27(42)12-11-21-9-7-6-8-10-21/h6-13,24-26,30,36,43-44H,14-17H2,1-5H3,(H,38,42)/b12-11+/t24-,25?,26+,30+,36+,37?/m1/s1. The van der Waals surface area contributed by atoms with Crippen LogP contribution in [0.1, 0.15) is 70.3 Å². The number of rotatable bonds is 6. The van der Waals surface area contributed by atoms with Gasteiger partial charge in [-0.3, -0.25) is 19.4 Å². The molecule has 1 saturated carbocycles. The van der Waals surface area contributed by atoms with Crippen LogP contribution >= 0.6 is 0 Å². The van der Waals surface area contributed by atoms with Gasteiger partial charge in [-0.1, -0.05) is 36.4 Å². The Kier molecular flexibility index (Phi) is 7.03. The number of methoxy groups -OCH3 is 1. The fourth-order valence-electron chi connectivity index (χ4n) is 9.05. The number of phenols is 1. The van der Waals surface area contributed by atoms with Gasteiger partial charge in [0.1, 0.15) is 12.0 Å². The van der Waals surface area contributed by atoms with Crippen LogP contribution in [-0.4, -0.2) is 77.2 Å². The zero-order valence-electron chi connectivity index (χ0n) is 27.6. The van der Waals surface area contributed by atoms with E-state index in [1.165, 1.54) is 13.0 Å². The van der Waals surface area contributed by atoms with Gasteiger partial charge in [-0.2, -0.15) is 0 Å². The number of fused-ring (bicyclic) bond motifs is 9. The number of nitrogens with one attached hydrogen (secondary N) is 1. The Bertz CT molecular complexity index is 1890. The van der Waals surface area contributed by atoms with Crippen LogP contribution in [0.2, 0.25) is 0 Å². The Balaban J connectivity index is 1.29. The number of benzene rings is 3. The number of aliphatic hydroxyl groups is 1. The van der Waals surface area contributed by atoms with Crippen molar-refractivity contribution in [3.05, 3.63) is 81.4 Å². The van der Waals surface area contributed by atoms with Crippen LogP contribution in [0.5, 0.6) is 28.7 Å². The van der Waals surface area contributed by atoms with Crippen molar-refractivity contribution < 1.29 is 38.7 Å². The van der Waals surface area contributed by atoms with E-state index in [1.54, 1.807) is 13.2 Å². The second-order valence-corrected chi connectivity index (χ2v) is 13.5. The molecule has 4 heterocycles. The van der Waals surface area contributed by atoms with Crippen molar-refractivity contribution in [1.29, 1.82) is 0 Å². The molecule has 1 saturated heterocycles. The number of piperazine rings is 1. The number of esters is 1. The number of phenolic OH excluding ortho intramolecular Hbond substituents is 1. The molecule has 0 aromatic heterocycles. The number of hydrogen-bond donors (Lipinski definition) is 3. The second-order valence-electron chi connectivity index (χ2n) is 13.5. The summed E-state index contributed by atoms with van der Waals surface area (Å²) in [4.78, 5) is 30.1. The lowest BCUT2D eigenvalue weighted by atomic mass is 9.73. The largest absolute Gasteiger partial charge is 0.504 e. The minimum absolute atomic E-state index is 0.00518. The molecule has 1 spiro atoms. The summed E-state index contributed by atoms with van der Waals surface area (Å²) >= 11 is 0. The summed E-state index contributed by atoms with van der Waals surface area (Å²) in [5, 5.41) is 27.3. The zero-order chi connectivity index (χ0) is 33.6. The third-order valence-electron chi connectivity index (χ3n) is 11.1. The zero-order valence-corrected chi connectivity index (χ0v) is 27.6. The van der Waals surface area contributed by atoms with Crippen molar-refractivity contribution in [3.63, 3.8) is 0 Å². The quantitative estimate of drug-likeness (QED) is 0.204. The van der Waals surface area contributed by atoms with Gasteiger partial charge in [0.05, 0.1) is 24.7 Å². The molecule has 48 heavy (non-hydrogen) atoms. The number of ether oxygens (including phenoxy) is 4. The molecular weight excluding hydrogens is 614 g/mol. The Morgan fingerprint density at radius 1 is 1.12 bits per heavy atom. The Labute approximate surface area is 278 Å². The maximum Gasteiger partial charge on any atom is 0.308 e. The average molecular weight is 654 g/mol. The second kappa shape index (κ2) is 11.0. The van der Waals surface area contributed by atoms with Crippen LogP contribution in [-0.2, 0) is 16.0 Å². The highest BCUT2D eigenvalue weighted by Gasteiger charge is 2.73. The highest BCUT2D eigenvalue weighted by atomic mass is 16.7. The molecule has 11 nitrogen and oxygen atoms in total. The molecule has 3 N–H and O–H groups in total. The number of aromatic hydroxyl groups is 1. The minimum Gasteiger partial charge on any atom is -0.504 e. The molecule has 11 heteroatoms. The van der Waals surface area contributed by atoms with Crippen LogP contribution in [0, 0.1) is 13.8 Å². The van der Waals surface area contributed by atoms with Gasteiger partial charge in [0.15, 0.2) is 23.0 Å². The predicted molar refractivity (Wildman–Crippen MR) is 175 cm³/mol. The van der Waals surface area contributed by atoms with Gasteiger partial charge in [0.2, 0.25) is 12.7 Å². The van der Waals surface area contributed by atoms with Crippen LogP contribution < -0.4 is 24.3 Å². The summed E-state index contributed by atoms with van der Waals surface area (Å²) in [5.41, 5.74) is 5.05. The first kappa shape index (κ1) is 30.7. The number of nitrogens with zero attached hydrogens (tertiary/aromatic N) is 2. The van der Waals surface area contributed by atoms with Crippen molar-refractivity contribution in [1.82, 2.24) is 15.1 Å². The summed E-state index contributed by atoms with van der Waals surface area (Å²) < 4.78 is 23.6. The lowest BCUT2D eigenvalue weighted by molar-refractivity contribution is -0.183. The van der Waals surface area contributed by atoms with Gasteiger partial charge >= 0.3 is 5.97 Å². The van der Waals surface area contributed by atoms with Gasteiger partial charge in [0.25, 0.3) is 0 Å². The molecule has 6 atom stereocenters. The monoisotopic (exact) mass is 653 g/mol. The molecule has 4 aliphatic heterocycles. The van der Waals surface area contributed by atoms with E-state index in [4.69, 9.17) is 18.9 Å². The van der Waals surface area contributed by atoms with Crippen LogP contribution in [0.15, 0.2) is 42.5 Å². The van der Waals surface area contributed by atoms with E-state index in [0.717, 1.165) is 27.8 Å². The van der Waals surface area contributed by atoms with Gasteiger partial charge in [0, 0.05) is 53.8 Å². The topological polar surface area (TPSA) is 130 Å². The van der Waals surface area contributed by atoms with E-state index in [1.807, 2.05) is 51.2 Å². The fraction of sp³-hybridized carbons (Fsp3) is 0.405. The maximum absolute atomic E-state index is 13.3. The molecule has 2 bridgehead atoms. The lowest BCUT2D eigenvalue weighted by Crippen LogP contribution is -2.70. The number of carbonyl (C=O) groups excluding carboxylic acids is 2. The van der Waals surface area contributed by atoms with Crippen LogP contribution in [0.4, 0.5) is 0 Å². The number of carbonyl (C=O) groups is 2. The lowest BCUT2D eigenvalue weighted by Gasteiger charge is -2.60. The Morgan fingerprint density at radius 2 is 1.88 bits per heavy atom. The molecule has 5 aliphatic rings. The van der Waals surface area contributed by atoms with Crippen molar-refractivity contribution in [2.75, 3.05) is 27.5 Å². The van der Waals surface area contributed by atoms with Gasteiger partial charge in [-0.15, -0.1) is 0 Å². The first-order valence-electron chi connectivity index (χ1n) is 16.3. The van der Waals surface area contributed by atoms with Crippen LogP contribution in [0.3, 0.4) is 0 Å². The van der Waals surface area contributed by atoms with Gasteiger partial charge in [-0.05, 0) is 56.5 Å². The number of aryl methyl sites for hydroxylation is 1. The van der Waals surface area contributed by atoms with Crippen molar-refractivity contribution in [3.8, 4) is 28.7 Å². The Morgan fingerprint density at radius 3 is 2.60 bits per heavy atom. The van der Waals surface area contributed by atoms with E-state index in [2.05, 4.69) is 21.2 Å². The number of likely N-dealkylation sites (N-methyl/N-ethyl adjacent to an activating group) is 1. The first-order valence-corrected chi connectivity index (χ1v) is 16.3. The smallest absolute Gasteiger partial charge is 0.308 e. The number of aliphatic hydroxyl groups excluding tert-OH is 1. The first-order chi connectivity index (χ1) is 23.1. The molecule has 3 aromatic carbocycles. The van der Waals surface area contributed by atoms with E-state index in [9.17, 15) is 19.8 Å². The molecule has 2 fully saturated rings. The number of amides is 1. The SMILES string of the molecule is COc1c(C)cc2c(c1O)[C@@H]1C3Cc4c(OC(C)=O)c(C)c5c(c4[C@H](CNC(=O)/C=C/c4ccccc4)N3[C@@H](O)C3(C[C@H]23)N1C)OCO5. The molecule has 1 amide bonds. The third-order valence-corrected chi connectivity index (χ3v) is 11.1. The van der Waals surface area contributed by atoms with Crippen LogP contribution in [0.25, 0.3) is 6.08 Å². The van der Waals surface area contributed by atoms with E-state index in [0.29, 0.717) is 47.0 Å². The molecule has 1 aliphatic carbocycles.